The van der Waals surface area contributed by atoms with Crippen LogP contribution in [0.4, 0.5) is 5.00 Å². The van der Waals surface area contributed by atoms with E-state index in [4.69, 9.17) is 4.42 Å². The van der Waals surface area contributed by atoms with Gasteiger partial charge in [-0.3, -0.25) is 9.59 Å². The van der Waals surface area contributed by atoms with Crippen molar-refractivity contribution in [1.82, 2.24) is 5.32 Å². The van der Waals surface area contributed by atoms with Gasteiger partial charge in [0, 0.05) is 13.0 Å². The van der Waals surface area contributed by atoms with E-state index in [0.29, 0.717) is 22.8 Å². The Morgan fingerprint density at radius 1 is 1.26 bits per heavy atom. The molecule has 2 aromatic heterocycles. The van der Waals surface area contributed by atoms with Crippen LogP contribution in [0.2, 0.25) is 0 Å². The first-order valence-electron chi connectivity index (χ1n) is 6.90. The first-order valence-corrected chi connectivity index (χ1v) is 7.71. The highest BCUT2D eigenvalue weighted by molar-refractivity contribution is 7.18. The molecule has 0 spiro atoms. The first-order chi connectivity index (χ1) is 11.1. The molecule has 23 heavy (non-hydrogen) atoms. The Balaban J connectivity index is 1.68. The summed E-state index contributed by atoms with van der Waals surface area (Å²) in [7, 11) is 1.30. The van der Waals surface area contributed by atoms with Crippen molar-refractivity contribution >= 4 is 34.1 Å². The Kier molecular flexibility index (Phi) is 5.93. The van der Waals surface area contributed by atoms with E-state index < -0.39 is 5.97 Å². The van der Waals surface area contributed by atoms with Gasteiger partial charge in [0.25, 0.3) is 5.91 Å². The van der Waals surface area contributed by atoms with Gasteiger partial charge < -0.3 is 19.8 Å². The molecular formula is C15H16N2O5S. The molecule has 2 N–H and O–H groups in total. The maximum atomic E-state index is 11.8. The number of anilines is 1. The second-order valence-electron chi connectivity index (χ2n) is 4.54. The van der Waals surface area contributed by atoms with E-state index in [0.717, 1.165) is 11.3 Å². The number of carbonyl (C=O) groups is 3. The van der Waals surface area contributed by atoms with Gasteiger partial charge in [-0.15, -0.1) is 11.3 Å². The van der Waals surface area contributed by atoms with Gasteiger partial charge in [-0.1, -0.05) is 0 Å². The number of esters is 1. The summed E-state index contributed by atoms with van der Waals surface area (Å²) in [6.45, 7) is 0.366. The second-order valence-corrected chi connectivity index (χ2v) is 5.62. The van der Waals surface area contributed by atoms with Gasteiger partial charge in [-0.25, -0.2) is 4.79 Å². The quantitative estimate of drug-likeness (QED) is 0.597. The molecule has 122 valence electrons. The number of carbonyl (C=O) groups excluding carboxylic acids is 3. The van der Waals surface area contributed by atoms with Gasteiger partial charge >= 0.3 is 5.97 Å². The van der Waals surface area contributed by atoms with Crippen LogP contribution in [-0.4, -0.2) is 31.4 Å². The summed E-state index contributed by atoms with van der Waals surface area (Å²) >= 11 is 1.15. The van der Waals surface area contributed by atoms with Gasteiger partial charge in [0.05, 0.1) is 18.4 Å². The average Bonchev–Trinajstić information content (AvgIpc) is 3.22. The third kappa shape index (κ3) is 4.96. The van der Waals surface area contributed by atoms with Gasteiger partial charge in [0.1, 0.15) is 4.88 Å². The minimum Gasteiger partial charge on any atom is -0.465 e. The molecule has 0 saturated carbocycles. The number of furan rings is 1. The Morgan fingerprint density at radius 3 is 2.78 bits per heavy atom. The van der Waals surface area contributed by atoms with Crippen molar-refractivity contribution in [1.29, 1.82) is 0 Å². The van der Waals surface area contributed by atoms with Gasteiger partial charge in [-0.05, 0) is 30.7 Å². The normalized spacial score (nSPS) is 10.1. The predicted octanol–water partition coefficient (Wildman–Crippen LogP) is 2.28. The number of rotatable bonds is 7. The predicted molar refractivity (Wildman–Crippen MR) is 84.6 cm³/mol. The minimum absolute atomic E-state index is 0.185. The van der Waals surface area contributed by atoms with Crippen LogP contribution in [0, 0.1) is 0 Å². The lowest BCUT2D eigenvalue weighted by Crippen LogP contribution is -2.25. The molecule has 7 nitrogen and oxygen atoms in total. The lowest BCUT2D eigenvalue weighted by Gasteiger charge is -2.04. The zero-order valence-electron chi connectivity index (χ0n) is 12.5. The molecule has 0 fully saturated rings. The largest absolute Gasteiger partial charge is 0.465 e. The molecule has 0 atom stereocenters. The number of hydrogen-bond acceptors (Lipinski definition) is 6. The van der Waals surface area contributed by atoms with Crippen LogP contribution in [0.1, 0.15) is 33.1 Å². The summed E-state index contributed by atoms with van der Waals surface area (Å²) in [5, 5.41) is 5.94. The SMILES string of the molecule is COC(=O)c1ccc(NC(=O)CCCNC(=O)c2ccco2)s1. The molecule has 2 amide bonds. The summed E-state index contributed by atoms with van der Waals surface area (Å²) in [6, 6.07) is 6.44. The Labute approximate surface area is 136 Å². The fourth-order valence-electron chi connectivity index (χ4n) is 1.76. The zero-order valence-corrected chi connectivity index (χ0v) is 13.3. The van der Waals surface area contributed by atoms with Crippen molar-refractivity contribution in [3.63, 3.8) is 0 Å². The van der Waals surface area contributed by atoms with E-state index in [9.17, 15) is 14.4 Å². The highest BCUT2D eigenvalue weighted by Gasteiger charge is 2.11. The average molecular weight is 336 g/mol. The molecule has 0 unspecified atom stereocenters. The van der Waals surface area contributed by atoms with Crippen molar-refractivity contribution < 1.29 is 23.5 Å². The van der Waals surface area contributed by atoms with Crippen LogP contribution < -0.4 is 10.6 Å². The van der Waals surface area contributed by atoms with E-state index in [2.05, 4.69) is 15.4 Å². The lowest BCUT2D eigenvalue weighted by atomic mass is 10.3. The van der Waals surface area contributed by atoms with Gasteiger partial charge in [-0.2, -0.15) is 0 Å². The molecule has 0 bridgehead atoms. The number of nitrogens with one attached hydrogen (secondary N) is 2. The van der Waals surface area contributed by atoms with Crippen molar-refractivity contribution in [2.75, 3.05) is 19.0 Å². The summed E-state index contributed by atoms with van der Waals surface area (Å²) < 4.78 is 9.55. The van der Waals surface area contributed by atoms with Crippen molar-refractivity contribution in [3.05, 3.63) is 41.2 Å². The Morgan fingerprint density at radius 2 is 2.09 bits per heavy atom. The third-order valence-electron chi connectivity index (χ3n) is 2.87. The van der Waals surface area contributed by atoms with E-state index >= 15 is 0 Å². The summed E-state index contributed by atoms with van der Waals surface area (Å²) in [5.74, 6) is -0.689. The maximum Gasteiger partial charge on any atom is 0.348 e. The molecule has 2 aromatic rings. The fraction of sp³-hybridized carbons (Fsp3) is 0.267. The second kappa shape index (κ2) is 8.14. The Hall–Kier alpha value is -2.61. The van der Waals surface area contributed by atoms with E-state index in [1.54, 1.807) is 24.3 Å². The first kappa shape index (κ1) is 16.8. The van der Waals surface area contributed by atoms with Crippen molar-refractivity contribution in [2.45, 2.75) is 12.8 Å². The highest BCUT2D eigenvalue weighted by atomic mass is 32.1. The molecular weight excluding hydrogens is 320 g/mol. The van der Waals surface area contributed by atoms with Gasteiger partial charge in [0.2, 0.25) is 5.91 Å². The van der Waals surface area contributed by atoms with Crippen LogP contribution in [-0.2, 0) is 9.53 Å². The van der Waals surface area contributed by atoms with E-state index in [-0.39, 0.29) is 24.0 Å². The van der Waals surface area contributed by atoms with Crippen LogP contribution in [0.5, 0.6) is 0 Å². The molecule has 0 saturated heterocycles. The molecule has 0 aliphatic carbocycles. The molecule has 0 aliphatic rings. The smallest absolute Gasteiger partial charge is 0.348 e. The number of thiophene rings is 1. The molecule has 2 heterocycles. The van der Waals surface area contributed by atoms with Crippen molar-refractivity contribution in [2.24, 2.45) is 0 Å². The van der Waals surface area contributed by atoms with Crippen molar-refractivity contribution in [3.8, 4) is 0 Å². The number of hydrogen-bond donors (Lipinski definition) is 2. The number of methoxy groups -OCH3 is 1. The summed E-state index contributed by atoms with van der Waals surface area (Å²) in [4.78, 5) is 35.1. The van der Waals surface area contributed by atoms with Gasteiger partial charge in [0.15, 0.2) is 5.76 Å². The molecule has 2 rings (SSSR count). The lowest BCUT2D eigenvalue weighted by molar-refractivity contribution is -0.116. The van der Waals surface area contributed by atoms with Crippen LogP contribution >= 0.6 is 11.3 Å². The van der Waals surface area contributed by atoms with Crippen LogP contribution in [0.25, 0.3) is 0 Å². The van der Waals surface area contributed by atoms with E-state index in [1.807, 2.05) is 0 Å². The summed E-state index contributed by atoms with van der Waals surface area (Å²) in [5.41, 5.74) is 0. The zero-order chi connectivity index (χ0) is 16.7. The highest BCUT2D eigenvalue weighted by Crippen LogP contribution is 2.22. The molecule has 0 radical (unpaired) electrons. The fourth-order valence-corrected chi connectivity index (χ4v) is 2.60. The molecule has 0 aliphatic heterocycles. The topological polar surface area (TPSA) is 97.6 Å². The van der Waals surface area contributed by atoms with Crippen LogP contribution in [0.15, 0.2) is 34.9 Å². The monoisotopic (exact) mass is 336 g/mol. The Bertz CT molecular complexity index is 678. The van der Waals surface area contributed by atoms with E-state index in [1.165, 1.54) is 13.4 Å². The number of amides is 2. The minimum atomic E-state index is -0.434. The molecule has 8 heteroatoms. The summed E-state index contributed by atoms with van der Waals surface area (Å²) in [6.07, 6.45) is 2.17. The number of ether oxygens (including phenoxy) is 1. The van der Waals surface area contributed by atoms with Crippen LogP contribution in [0.3, 0.4) is 0 Å². The third-order valence-corrected chi connectivity index (χ3v) is 3.85. The standard InChI is InChI=1S/C15H16N2O5S/c1-21-15(20)11-6-7-13(23-11)17-12(18)5-2-8-16-14(19)10-4-3-9-22-10/h3-4,6-7,9H,2,5,8H2,1H3,(H,16,19)(H,17,18). The maximum absolute atomic E-state index is 11.8. The molecule has 0 aromatic carbocycles.